The minimum atomic E-state index is -0.515. The van der Waals surface area contributed by atoms with E-state index in [1.807, 2.05) is 26.0 Å². The van der Waals surface area contributed by atoms with Gasteiger partial charge in [-0.2, -0.15) is 0 Å². The molecule has 0 aromatic heterocycles. The number of carbonyl (C=O) groups is 2. The Labute approximate surface area is 344 Å². The summed E-state index contributed by atoms with van der Waals surface area (Å²) in [5.41, 5.74) is 2.43. The highest BCUT2D eigenvalue weighted by Gasteiger charge is 2.44. The van der Waals surface area contributed by atoms with Crippen molar-refractivity contribution >= 4 is 11.9 Å². The van der Waals surface area contributed by atoms with Gasteiger partial charge in [-0.05, 0) is 175 Å². The van der Waals surface area contributed by atoms with Crippen molar-refractivity contribution in [2.24, 2.45) is 11.8 Å². The molecule has 0 spiro atoms. The van der Waals surface area contributed by atoms with Crippen LogP contribution in [0.3, 0.4) is 0 Å². The van der Waals surface area contributed by atoms with E-state index in [0.717, 1.165) is 100 Å². The Kier molecular flexibility index (Phi) is 15.5. The van der Waals surface area contributed by atoms with Crippen molar-refractivity contribution in [2.75, 3.05) is 39.6 Å². The van der Waals surface area contributed by atoms with Crippen LogP contribution < -0.4 is 18.9 Å². The van der Waals surface area contributed by atoms with Crippen LogP contribution in [0.2, 0.25) is 0 Å². The summed E-state index contributed by atoms with van der Waals surface area (Å²) in [6.07, 6.45) is 17.9. The van der Waals surface area contributed by atoms with Crippen LogP contribution in [0.1, 0.15) is 122 Å². The van der Waals surface area contributed by atoms with Gasteiger partial charge in [-0.15, -0.1) is 0 Å². The van der Waals surface area contributed by atoms with E-state index in [1.54, 1.807) is 48.5 Å². The number of epoxide rings is 2. The zero-order valence-corrected chi connectivity index (χ0v) is 34.5. The molecule has 10 heteroatoms. The third-order valence-electron chi connectivity index (χ3n) is 11.9. The lowest BCUT2D eigenvalue weighted by Gasteiger charge is -2.18. The fourth-order valence-electron chi connectivity index (χ4n) is 8.23. The van der Waals surface area contributed by atoms with Gasteiger partial charge in [0.25, 0.3) is 0 Å². The Morgan fingerprint density at radius 3 is 1.33 bits per heavy atom. The highest BCUT2D eigenvalue weighted by atomic mass is 16.6. The second-order valence-corrected chi connectivity index (χ2v) is 16.7. The standard InChI is InChI=1S/C48H62O10/c1-33-27-39(17-21-41(33)53-25-9-5-3-7-23-51-31-35-11-19-43-45(29-35)57-43)55-47(49)37-13-15-38(16-14-37)48(50)56-40-18-22-42(34(2)28-40)54-26-10-6-4-8-24-52-32-36-12-20-44-46(30-36)58-44/h13-18,21-22,27-28,35-36,43-46H,3-12,19-20,23-26,29-32H2,1-2H3. The molecule has 0 amide bonds. The topological polar surface area (TPSA) is 115 Å². The Bertz CT molecular complexity index is 1650. The maximum absolute atomic E-state index is 12.9. The van der Waals surface area contributed by atoms with Gasteiger partial charge in [-0.25, -0.2) is 9.59 Å². The zero-order valence-electron chi connectivity index (χ0n) is 34.5. The summed E-state index contributed by atoms with van der Waals surface area (Å²) in [5.74, 6) is 2.71. The molecule has 0 N–H and O–H groups in total. The Hall–Kier alpha value is -3.96. The fourth-order valence-corrected chi connectivity index (χ4v) is 8.23. The third-order valence-corrected chi connectivity index (χ3v) is 11.9. The van der Waals surface area contributed by atoms with E-state index in [2.05, 4.69) is 0 Å². The SMILES string of the molecule is Cc1cc(OC(=O)c2ccc(C(=O)Oc3ccc(OCCCCCCOCC4CCC5OC5C4)c(C)c3)cc2)ccc1OCCCCCCOCC1CCC2OC2C1. The molecule has 2 heterocycles. The van der Waals surface area contributed by atoms with Crippen molar-refractivity contribution < 1.29 is 47.5 Å². The number of fused-ring (bicyclic) bond motifs is 2. The van der Waals surface area contributed by atoms with Gasteiger partial charge in [0, 0.05) is 26.4 Å². The average molecular weight is 799 g/mol. The van der Waals surface area contributed by atoms with Crippen LogP contribution in [-0.4, -0.2) is 76.0 Å². The normalized spacial score (nSPS) is 23.0. The van der Waals surface area contributed by atoms with E-state index in [0.29, 0.717) is 72.1 Å². The largest absolute Gasteiger partial charge is 0.493 e. The first-order valence-electron chi connectivity index (χ1n) is 21.9. The molecule has 2 saturated heterocycles. The van der Waals surface area contributed by atoms with Crippen LogP contribution >= 0.6 is 0 Å². The van der Waals surface area contributed by atoms with Crippen molar-refractivity contribution in [1.29, 1.82) is 0 Å². The first kappa shape index (κ1) is 42.2. The van der Waals surface area contributed by atoms with Gasteiger partial charge in [-0.3, -0.25) is 0 Å². The Morgan fingerprint density at radius 2 is 0.931 bits per heavy atom. The predicted molar refractivity (Wildman–Crippen MR) is 220 cm³/mol. The molecular formula is C48H62O10. The van der Waals surface area contributed by atoms with Crippen molar-refractivity contribution in [3.8, 4) is 23.0 Å². The van der Waals surface area contributed by atoms with Gasteiger partial charge in [0.15, 0.2) is 0 Å². The molecule has 3 aromatic rings. The molecular weight excluding hydrogens is 737 g/mol. The average Bonchev–Trinajstić information content (AvgIpc) is 4.16. The summed E-state index contributed by atoms with van der Waals surface area (Å²) in [5, 5.41) is 0. The molecule has 58 heavy (non-hydrogen) atoms. The Balaban J connectivity index is 0.730. The quantitative estimate of drug-likeness (QED) is 0.0376. The van der Waals surface area contributed by atoms with Crippen molar-refractivity contribution in [1.82, 2.24) is 0 Å². The van der Waals surface area contributed by atoms with Crippen LogP contribution in [0.15, 0.2) is 60.7 Å². The lowest BCUT2D eigenvalue weighted by atomic mass is 9.90. The Morgan fingerprint density at radius 1 is 0.517 bits per heavy atom. The molecule has 2 aliphatic carbocycles. The van der Waals surface area contributed by atoms with E-state index in [1.165, 1.54) is 38.5 Å². The van der Waals surface area contributed by atoms with Crippen LogP contribution in [-0.2, 0) is 18.9 Å². The van der Waals surface area contributed by atoms with Crippen molar-refractivity contribution in [2.45, 2.75) is 128 Å². The number of rotatable bonds is 24. The number of benzene rings is 3. The summed E-state index contributed by atoms with van der Waals surface area (Å²) in [7, 11) is 0. The van der Waals surface area contributed by atoms with Crippen LogP contribution in [0.4, 0.5) is 0 Å². The number of hydrogen-bond donors (Lipinski definition) is 0. The number of ether oxygens (including phenoxy) is 8. The van der Waals surface area contributed by atoms with Crippen molar-refractivity contribution in [3.05, 3.63) is 82.9 Å². The van der Waals surface area contributed by atoms with Gasteiger partial charge in [0.1, 0.15) is 23.0 Å². The second-order valence-electron chi connectivity index (χ2n) is 16.7. The molecule has 0 bridgehead atoms. The van der Waals surface area contributed by atoms with E-state index < -0.39 is 11.9 Å². The van der Waals surface area contributed by atoms with Crippen LogP contribution in [0.25, 0.3) is 0 Å². The monoisotopic (exact) mass is 798 g/mol. The minimum Gasteiger partial charge on any atom is -0.493 e. The molecule has 3 aromatic carbocycles. The molecule has 2 aliphatic heterocycles. The van der Waals surface area contributed by atoms with Crippen LogP contribution in [0.5, 0.6) is 23.0 Å². The summed E-state index contributed by atoms with van der Waals surface area (Å²) in [6.45, 7) is 8.52. The zero-order chi connectivity index (χ0) is 40.1. The summed E-state index contributed by atoms with van der Waals surface area (Å²) in [6, 6.07) is 17.0. The maximum atomic E-state index is 12.9. The predicted octanol–water partition coefficient (Wildman–Crippen LogP) is 9.79. The lowest BCUT2D eigenvalue weighted by molar-refractivity contribution is 0.0720. The van der Waals surface area contributed by atoms with E-state index >= 15 is 0 Å². The summed E-state index contributed by atoms with van der Waals surface area (Å²) < 4.78 is 46.3. The molecule has 6 unspecified atom stereocenters. The molecule has 7 rings (SSSR count). The van der Waals surface area contributed by atoms with Crippen LogP contribution in [0, 0.1) is 25.7 Å². The fraction of sp³-hybridized carbons (Fsp3) is 0.583. The van der Waals surface area contributed by atoms with Gasteiger partial charge in [0.2, 0.25) is 0 Å². The number of carbonyl (C=O) groups excluding carboxylic acids is 2. The molecule has 4 fully saturated rings. The lowest BCUT2D eigenvalue weighted by Crippen LogP contribution is -2.18. The minimum absolute atomic E-state index is 0.326. The highest BCUT2D eigenvalue weighted by molar-refractivity contribution is 5.95. The van der Waals surface area contributed by atoms with E-state index in [9.17, 15) is 9.59 Å². The smallest absolute Gasteiger partial charge is 0.343 e. The van der Waals surface area contributed by atoms with Gasteiger partial charge in [0.05, 0.1) is 48.8 Å². The van der Waals surface area contributed by atoms with E-state index in [-0.39, 0.29) is 0 Å². The molecule has 6 atom stereocenters. The van der Waals surface area contributed by atoms with Gasteiger partial charge in [-0.1, -0.05) is 12.8 Å². The number of esters is 2. The summed E-state index contributed by atoms with van der Waals surface area (Å²) >= 11 is 0. The molecule has 0 radical (unpaired) electrons. The first-order chi connectivity index (χ1) is 28.4. The van der Waals surface area contributed by atoms with Crippen molar-refractivity contribution in [3.63, 3.8) is 0 Å². The number of aryl methyl sites for hydroxylation is 2. The maximum Gasteiger partial charge on any atom is 0.343 e. The molecule has 314 valence electrons. The highest BCUT2D eigenvalue weighted by Crippen LogP contribution is 2.40. The number of hydrogen-bond acceptors (Lipinski definition) is 10. The van der Waals surface area contributed by atoms with E-state index in [4.69, 9.17) is 37.9 Å². The van der Waals surface area contributed by atoms with Gasteiger partial charge < -0.3 is 37.9 Å². The molecule has 2 saturated carbocycles. The molecule has 10 nitrogen and oxygen atoms in total. The van der Waals surface area contributed by atoms with Gasteiger partial charge >= 0.3 is 11.9 Å². The summed E-state index contributed by atoms with van der Waals surface area (Å²) in [4.78, 5) is 25.8. The second kappa shape index (κ2) is 21.3. The molecule has 4 aliphatic rings. The first-order valence-corrected chi connectivity index (χ1v) is 21.9. The number of unbranched alkanes of at least 4 members (excludes halogenated alkanes) is 6. The third kappa shape index (κ3) is 13.0.